The van der Waals surface area contributed by atoms with Crippen LogP contribution in [0.25, 0.3) is 0 Å². The first-order valence-corrected chi connectivity index (χ1v) is 17.7. The quantitative estimate of drug-likeness (QED) is 0.237. The van der Waals surface area contributed by atoms with Crippen LogP contribution >= 0.6 is 7.26 Å². The van der Waals surface area contributed by atoms with Gasteiger partial charge < -0.3 is 4.39 Å². The zero-order valence-electron chi connectivity index (χ0n) is 24.5. The highest BCUT2D eigenvalue weighted by molar-refractivity contribution is 7.97. The molecule has 5 aliphatic rings. The molecule has 6 atom stereocenters. The molecule has 8 rings (SSSR count). The van der Waals surface area contributed by atoms with Crippen molar-refractivity contribution in [3.63, 3.8) is 0 Å². The third kappa shape index (κ3) is 3.60. The fourth-order valence-corrected chi connectivity index (χ4v) is 16.4. The molecule has 0 aromatic heterocycles. The first-order chi connectivity index (χ1) is 18.9. The summed E-state index contributed by atoms with van der Waals surface area (Å²) in [6, 6.07) is 36.1. The normalized spacial score (nSPS) is 33.2. The Labute approximate surface area is 238 Å². The van der Waals surface area contributed by atoms with Gasteiger partial charge in [-0.1, -0.05) is 87.7 Å². The Bertz CT molecular complexity index is 1190. The molecule has 3 saturated carbocycles. The van der Waals surface area contributed by atoms with E-state index in [1.807, 2.05) is 0 Å². The van der Waals surface area contributed by atoms with Gasteiger partial charge in [0.1, 0.15) is 15.9 Å². The number of benzene rings is 3. The van der Waals surface area contributed by atoms with Gasteiger partial charge in [-0.3, -0.25) is 0 Å². The summed E-state index contributed by atoms with van der Waals surface area (Å²) in [6.45, 7) is 14.1. The molecule has 2 heterocycles. The average molecular weight is 536 g/mol. The molecule has 0 unspecified atom stereocenters. The molecule has 1 spiro atoms. The van der Waals surface area contributed by atoms with Crippen molar-refractivity contribution in [3.05, 3.63) is 91.0 Å². The Hall–Kier alpha value is -1.89. The van der Waals surface area contributed by atoms with Crippen LogP contribution in [0.2, 0.25) is 5.82 Å². The maximum Gasteiger partial charge on any atom is 0.186 e. The second-order valence-electron chi connectivity index (χ2n) is 14.2. The predicted molar refractivity (Wildman–Crippen MR) is 171 cm³/mol. The molecule has 1 radical (unpaired) electrons. The molecule has 3 heteroatoms. The van der Waals surface area contributed by atoms with Gasteiger partial charge >= 0.3 is 0 Å². The molecule has 3 aromatic carbocycles. The molecular weight excluding hydrogens is 488 g/mol. The molecule has 1 nitrogen and oxygen atoms in total. The highest BCUT2D eigenvalue weighted by Gasteiger charge is 2.70. The summed E-state index contributed by atoms with van der Waals surface area (Å²) < 4.78 is 1.41. The molecule has 3 aliphatic carbocycles. The lowest BCUT2D eigenvalue weighted by molar-refractivity contribution is -0.880. The number of quaternary nitrogens is 1. The zero-order valence-corrected chi connectivity index (χ0v) is 25.4. The van der Waals surface area contributed by atoms with Crippen LogP contribution in [0, 0.1) is 23.2 Å². The van der Waals surface area contributed by atoms with Crippen molar-refractivity contribution in [3.8, 4) is 0 Å². The second-order valence-corrected chi connectivity index (χ2v) is 17.8. The van der Waals surface area contributed by atoms with Gasteiger partial charge in [0.15, 0.2) is 6.85 Å². The van der Waals surface area contributed by atoms with Gasteiger partial charge in [0.05, 0.1) is 13.3 Å². The van der Waals surface area contributed by atoms with Crippen molar-refractivity contribution in [1.82, 2.24) is 0 Å². The largest absolute Gasteiger partial charge is 0.531 e. The van der Waals surface area contributed by atoms with E-state index in [0.29, 0.717) is 17.0 Å². The standard InChI is InChI=1S/C36H47BNP/c1-27-33-25-29(36(33,3)4)26-34(27)37-35(28(2)38(37)23-15-8-16-24-38)39(30-17-9-5-10-18-30,31-19-11-6-12-20-31)32-21-13-7-14-22-32/h5-7,9-14,17-22,27-29,33-35H,8,15-16,23-26H2,1-4H3/q+1/t27-,28+,29+,33-,34-,35+/m1/s1. The van der Waals surface area contributed by atoms with Crippen LogP contribution in [0.4, 0.5) is 0 Å². The second kappa shape index (κ2) is 9.60. The minimum atomic E-state index is -1.91. The molecule has 0 amide bonds. The molecule has 203 valence electrons. The topological polar surface area (TPSA) is 0 Å². The molecule has 2 saturated heterocycles. The van der Waals surface area contributed by atoms with E-state index in [0.717, 1.165) is 30.4 Å². The zero-order chi connectivity index (χ0) is 26.8. The summed E-state index contributed by atoms with van der Waals surface area (Å²) >= 11 is 0. The Balaban J connectivity index is 1.46. The van der Waals surface area contributed by atoms with Crippen molar-refractivity contribution in [2.75, 3.05) is 13.1 Å². The lowest BCUT2D eigenvalue weighted by atomic mass is 9.27. The molecular formula is C36H47BNP+. The summed E-state index contributed by atoms with van der Waals surface area (Å²) in [5.74, 6) is 3.49. The van der Waals surface area contributed by atoms with Crippen LogP contribution in [0.5, 0.6) is 0 Å². The Morgan fingerprint density at radius 2 is 1.18 bits per heavy atom. The van der Waals surface area contributed by atoms with Crippen molar-refractivity contribution in [1.29, 1.82) is 0 Å². The number of piperidine rings is 1. The Kier molecular flexibility index (Phi) is 6.41. The monoisotopic (exact) mass is 535 g/mol. The lowest BCUT2D eigenvalue weighted by Crippen LogP contribution is -2.86. The maximum atomic E-state index is 2.67. The molecule has 2 bridgehead atoms. The van der Waals surface area contributed by atoms with E-state index in [2.05, 4.69) is 119 Å². The van der Waals surface area contributed by atoms with Gasteiger partial charge in [-0.2, -0.15) is 0 Å². The van der Waals surface area contributed by atoms with Crippen LogP contribution in [0.15, 0.2) is 91.0 Å². The van der Waals surface area contributed by atoms with Crippen molar-refractivity contribution in [2.24, 2.45) is 23.2 Å². The van der Waals surface area contributed by atoms with Gasteiger partial charge in [0, 0.05) is 18.6 Å². The van der Waals surface area contributed by atoms with Crippen LogP contribution in [0.1, 0.15) is 59.8 Å². The Morgan fingerprint density at radius 1 is 0.692 bits per heavy atom. The molecule has 39 heavy (non-hydrogen) atoms. The number of fused-ring (bicyclic) bond motifs is 2. The van der Waals surface area contributed by atoms with E-state index in [9.17, 15) is 0 Å². The molecule has 3 aromatic rings. The first-order valence-electron chi connectivity index (χ1n) is 15.8. The third-order valence-electron chi connectivity index (χ3n) is 12.7. The minimum Gasteiger partial charge on any atom is -0.531 e. The number of rotatable bonds is 5. The molecule has 0 N–H and O–H groups in total. The van der Waals surface area contributed by atoms with E-state index >= 15 is 0 Å². The number of hydrogen-bond donors (Lipinski definition) is 0. The van der Waals surface area contributed by atoms with Gasteiger partial charge in [-0.15, -0.1) is 5.82 Å². The summed E-state index contributed by atoms with van der Waals surface area (Å²) in [7, 11) is -1.91. The van der Waals surface area contributed by atoms with Crippen LogP contribution < -0.4 is 15.9 Å². The average Bonchev–Trinajstić information content (AvgIpc) is 2.99. The smallest absolute Gasteiger partial charge is 0.186 e. The van der Waals surface area contributed by atoms with Gasteiger partial charge in [0.25, 0.3) is 0 Å². The Morgan fingerprint density at radius 3 is 1.62 bits per heavy atom. The van der Waals surface area contributed by atoms with E-state index in [4.69, 9.17) is 0 Å². The van der Waals surface area contributed by atoms with E-state index in [1.54, 1.807) is 15.9 Å². The van der Waals surface area contributed by atoms with Gasteiger partial charge in [0.2, 0.25) is 0 Å². The van der Waals surface area contributed by atoms with Crippen molar-refractivity contribution in [2.45, 2.75) is 77.2 Å². The summed E-state index contributed by atoms with van der Waals surface area (Å²) in [4.78, 5) is 0. The van der Waals surface area contributed by atoms with Crippen LogP contribution in [-0.2, 0) is 0 Å². The van der Waals surface area contributed by atoms with Crippen LogP contribution in [-0.4, -0.2) is 35.9 Å². The summed E-state index contributed by atoms with van der Waals surface area (Å²) in [6.07, 6.45) is 7.20. The molecule has 2 aliphatic heterocycles. The van der Waals surface area contributed by atoms with E-state index in [-0.39, 0.29) is 0 Å². The highest BCUT2D eigenvalue weighted by Crippen LogP contribution is 2.72. The maximum absolute atomic E-state index is 2.67. The van der Waals surface area contributed by atoms with E-state index < -0.39 is 7.26 Å². The fraction of sp³-hybridized carbons (Fsp3) is 0.500. The predicted octanol–water partition coefficient (Wildman–Crippen LogP) is 7.35. The van der Waals surface area contributed by atoms with Crippen molar-refractivity contribution >= 4 is 30.0 Å². The SMILES string of the molecule is C[C@@H]1[C@H]2C[C@@H](C[C@H]1[B-]1[C@@H]([P+](c3ccccc3)(c3ccccc3)c3ccccc3)[C@H](C)[N+]13CCCCC3)C2(C)C. The van der Waals surface area contributed by atoms with Crippen LogP contribution in [0.3, 0.4) is 0 Å². The highest BCUT2D eigenvalue weighted by atomic mass is 31.2. The first kappa shape index (κ1) is 26.0. The number of nitrogens with zero attached hydrogens (tertiary/aromatic N) is 1. The fourth-order valence-electron chi connectivity index (χ4n) is 10.7. The summed E-state index contributed by atoms with van der Waals surface area (Å²) in [5.41, 5.74) is 1.23. The third-order valence-corrected chi connectivity index (χ3v) is 17.7. The van der Waals surface area contributed by atoms with Gasteiger partial charge in [-0.05, 0) is 86.3 Å². The lowest BCUT2D eigenvalue weighted by Gasteiger charge is -2.78. The number of hydrogen-bond acceptors (Lipinski definition) is 0. The van der Waals surface area contributed by atoms with E-state index in [1.165, 1.54) is 49.6 Å². The van der Waals surface area contributed by atoms with Crippen molar-refractivity contribution < 1.29 is 4.39 Å². The van der Waals surface area contributed by atoms with Gasteiger partial charge in [-0.25, -0.2) is 0 Å². The summed E-state index contributed by atoms with van der Waals surface area (Å²) in [5, 5.41) is 4.77. The minimum absolute atomic E-state index is 0.540. The molecule has 5 fully saturated rings.